The van der Waals surface area contributed by atoms with E-state index in [1.165, 1.54) is 45.4 Å². The Labute approximate surface area is 112 Å². The highest BCUT2D eigenvalue weighted by atomic mass is 79.9. The highest BCUT2D eigenvalue weighted by Crippen LogP contribution is 2.32. The van der Waals surface area contributed by atoms with E-state index in [0.29, 0.717) is 0 Å². The Morgan fingerprint density at radius 3 is 2.67 bits per heavy atom. The van der Waals surface area contributed by atoms with Gasteiger partial charge in [-0.1, -0.05) is 12.8 Å². The summed E-state index contributed by atoms with van der Waals surface area (Å²) in [6.45, 7) is 2.19. The highest BCUT2D eigenvalue weighted by molar-refractivity contribution is 9.13. The minimum absolute atomic E-state index is 0.928. The summed E-state index contributed by atoms with van der Waals surface area (Å²) in [4.78, 5) is 1.40. The van der Waals surface area contributed by atoms with E-state index in [1.54, 1.807) is 11.3 Å². The lowest BCUT2D eigenvalue weighted by atomic mass is 10.1. The van der Waals surface area contributed by atoms with E-state index in [0.717, 1.165) is 12.5 Å². The van der Waals surface area contributed by atoms with Gasteiger partial charge in [0.15, 0.2) is 0 Å². The van der Waals surface area contributed by atoms with Crippen LogP contribution in [0.2, 0.25) is 0 Å². The van der Waals surface area contributed by atoms with Crippen molar-refractivity contribution in [1.29, 1.82) is 0 Å². The summed E-state index contributed by atoms with van der Waals surface area (Å²) < 4.78 is 2.37. The van der Waals surface area contributed by atoms with E-state index in [-0.39, 0.29) is 0 Å². The van der Waals surface area contributed by atoms with Crippen LogP contribution in [0.15, 0.2) is 14.3 Å². The molecule has 1 nitrogen and oxygen atoms in total. The molecule has 1 saturated carbocycles. The average Bonchev–Trinajstić information content (AvgIpc) is 2.79. The van der Waals surface area contributed by atoms with Gasteiger partial charge in [0.05, 0.1) is 3.79 Å². The molecule has 0 aliphatic heterocycles. The zero-order valence-corrected chi connectivity index (χ0v) is 12.6. The Morgan fingerprint density at radius 2 is 2.07 bits per heavy atom. The van der Waals surface area contributed by atoms with E-state index in [2.05, 4.69) is 43.2 Å². The third-order valence-electron chi connectivity index (χ3n) is 2.90. The molecular formula is C11H15Br2NS. The Kier molecular flexibility index (Phi) is 4.68. The molecule has 1 heterocycles. The van der Waals surface area contributed by atoms with Crippen molar-refractivity contribution in [2.24, 2.45) is 5.92 Å². The third kappa shape index (κ3) is 3.55. The van der Waals surface area contributed by atoms with Crippen molar-refractivity contribution in [2.45, 2.75) is 32.2 Å². The first kappa shape index (κ1) is 12.1. The van der Waals surface area contributed by atoms with Crippen molar-refractivity contribution in [2.75, 3.05) is 6.54 Å². The van der Waals surface area contributed by atoms with Crippen LogP contribution in [0.25, 0.3) is 0 Å². The lowest BCUT2D eigenvalue weighted by Crippen LogP contribution is -2.20. The molecular weight excluding hydrogens is 338 g/mol. The van der Waals surface area contributed by atoms with E-state index in [4.69, 9.17) is 0 Å². The van der Waals surface area contributed by atoms with Crippen LogP contribution in [0.5, 0.6) is 0 Å². The van der Waals surface area contributed by atoms with Gasteiger partial charge < -0.3 is 5.32 Å². The van der Waals surface area contributed by atoms with Gasteiger partial charge >= 0.3 is 0 Å². The van der Waals surface area contributed by atoms with Gasteiger partial charge in [0.25, 0.3) is 0 Å². The first-order chi connectivity index (χ1) is 7.25. The second kappa shape index (κ2) is 5.80. The van der Waals surface area contributed by atoms with Gasteiger partial charge in [-0.2, -0.15) is 0 Å². The van der Waals surface area contributed by atoms with Gasteiger partial charge in [0.2, 0.25) is 0 Å². The quantitative estimate of drug-likeness (QED) is 0.837. The summed E-state index contributed by atoms with van der Waals surface area (Å²) in [7, 11) is 0. The lowest BCUT2D eigenvalue weighted by molar-refractivity contribution is 0.491. The second-order valence-electron chi connectivity index (χ2n) is 4.12. The smallest absolute Gasteiger partial charge is 0.0843 e. The zero-order chi connectivity index (χ0) is 10.7. The first-order valence-corrected chi connectivity index (χ1v) is 7.80. The molecule has 0 atom stereocenters. The molecule has 1 aliphatic rings. The molecule has 0 aromatic carbocycles. The third-order valence-corrected chi connectivity index (χ3v) is 6.16. The fraction of sp³-hybridized carbons (Fsp3) is 0.636. The summed E-state index contributed by atoms with van der Waals surface area (Å²) in [5, 5.41) is 3.55. The van der Waals surface area contributed by atoms with Crippen molar-refractivity contribution in [3.05, 3.63) is 19.2 Å². The summed E-state index contributed by atoms with van der Waals surface area (Å²) in [5.74, 6) is 0.928. The van der Waals surface area contributed by atoms with Gasteiger partial charge in [-0.25, -0.2) is 0 Å². The number of hydrogen-bond acceptors (Lipinski definition) is 2. The molecule has 84 valence electrons. The molecule has 0 bridgehead atoms. The van der Waals surface area contributed by atoms with Crippen molar-refractivity contribution >= 4 is 43.2 Å². The maximum atomic E-state index is 3.55. The summed E-state index contributed by atoms with van der Waals surface area (Å²) in [5.41, 5.74) is 0. The Morgan fingerprint density at radius 1 is 1.33 bits per heavy atom. The Hall–Kier alpha value is 0.620. The van der Waals surface area contributed by atoms with Crippen LogP contribution in [0.3, 0.4) is 0 Å². The Balaban J connectivity index is 1.73. The number of thiophene rings is 1. The minimum atomic E-state index is 0.928. The van der Waals surface area contributed by atoms with Crippen molar-refractivity contribution in [3.63, 3.8) is 0 Å². The van der Waals surface area contributed by atoms with Crippen LogP contribution in [-0.4, -0.2) is 6.54 Å². The monoisotopic (exact) mass is 351 g/mol. The normalized spacial score (nSPS) is 17.5. The summed E-state index contributed by atoms with van der Waals surface area (Å²) in [6.07, 6.45) is 5.71. The van der Waals surface area contributed by atoms with E-state index >= 15 is 0 Å². The van der Waals surface area contributed by atoms with Crippen LogP contribution in [-0.2, 0) is 6.54 Å². The van der Waals surface area contributed by atoms with E-state index in [1.807, 2.05) is 0 Å². The van der Waals surface area contributed by atoms with Crippen LogP contribution in [0.4, 0.5) is 0 Å². The van der Waals surface area contributed by atoms with Crippen LogP contribution in [0, 0.1) is 5.92 Å². The van der Waals surface area contributed by atoms with Crippen LogP contribution < -0.4 is 5.32 Å². The average molecular weight is 353 g/mol. The van der Waals surface area contributed by atoms with Gasteiger partial charge in [0, 0.05) is 15.9 Å². The minimum Gasteiger partial charge on any atom is -0.312 e. The zero-order valence-electron chi connectivity index (χ0n) is 8.56. The molecule has 1 fully saturated rings. The molecule has 1 aliphatic carbocycles. The fourth-order valence-electron chi connectivity index (χ4n) is 2.09. The second-order valence-corrected chi connectivity index (χ2v) is 7.42. The molecule has 1 aromatic heterocycles. The first-order valence-electron chi connectivity index (χ1n) is 5.40. The molecule has 1 N–H and O–H groups in total. The van der Waals surface area contributed by atoms with E-state index in [9.17, 15) is 0 Å². The van der Waals surface area contributed by atoms with Crippen LogP contribution >= 0.6 is 43.2 Å². The van der Waals surface area contributed by atoms with E-state index < -0.39 is 0 Å². The highest BCUT2D eigenvalue weighted by Gasteiger charge is 2.14. The fourth-order valence-corrected chi connectivity index (χ4v) is 4.24. The standard InChI is InChI=1S/C11H15Br2NS/c12-10-5-9(15-11(10)13)7-14-6-8-3-1-2-4-8/h5,8,14H,1-4,6-7H2. The number of hydrogen-bond donors (Lipinski definition) is 1. The van der Waals surface area contributed by atoms with Crippen LogP contribution in [0.1, 0.15) is 30.6 Å². The SMILES string of the molecule is Brc1cc(CNCC2CCCC2)sc1Br. The molecule has 0 spiro atoms. The maximum absolute atomic E-state index is 3.55. The van der Waals surface area contributed by atoms with Crippen molar-refractivity contribution < 1.29 is 0 Å². The molecule has 0 radical (unpaired) electrons. The summed E-state index contributed by atoms with van der Waals surface area (Å²) >= 11 is 8.83. The Bertz CT molecular complexity index is 299. The maximum Gasteiger partial charge on any atom is 0.0843 e. The molecule has 0 amide bonds. The molecule has 0 saturated heterocycles. The van der Waals surface area contributed by atoms with Gasteiger partial charge in [-0.05, 0) is 63.2 Å². The number of rotatable bonds is 4. The predicted molar refractivity (Wildman–Crippen MR) is 73.4 cm³/mol. The largest absolute Gasteiger partial charge is 0.312 e. The number of halogens is 2. The lowest BCUT2D eigenvalue weighted by Gasteiger charge is -2.09. The molecule has 4 heteroatoms. The van der Waals surface area contributed by atoms with Gasteiger partial charge in [-0.3, -0.25) is 0 Å². The van der Waals surface area contributed by atoms with Gasteiger partial charge in [-0.15, -0.1) is 11.3 Å². The molecule has 15 heavy (non-hydrogen) atoms. The van der Waals surface area contributed by atoms with Crippen molar-refractivity contribution in [1.82, 2.24) is 5.32 Å². The topological polar surface area (TPSA) is 12.0 Å². The van der Waals surface area contributed by atoms with Crippen molar-refractivity contribution in [3.8, 4) is 0 Å². The molecule has 0 unspecified atom stereocenters. The molecule has 2 rings (SSSR count). The number of nitrogens with one attached hydrogen (secondary N) is 1. The predicted octanol–water partition coefficient (Wildman–Crippen LogP) is 4.55. The van der Waals surface area contributed by atoms with Gasteiger partial charge in [0.1, 0.15) is 0 Å². The summed E-state index contributed by atoms with van der Waals surface area (Å²) in [6, 6.07) is 2.19. The molecule has 1 aromatic rings.